The van der Waals surface area contributed by atoms with E-state index in [1.165, 1.54) is 4.90 Å². The maximum Gasteiger partial charge on any atom is 0.261 e. The van der Waals surface area contributed by atoms with Crippen LogP contribution in [0.3, 0.4) is 0 Å². The van der Waals surface area contributed by atoms with Crippen molar-refractivity contribution in [1.29, 1.82) is 0 Å². The summed E-state index contributed by atoms with van der Waals surface area (Å²) in [6.45, 7) is 4.19. The van der Waals surface area contributed by atoms with E-state index in [-0.39, 0.29) is 49.2 Å². The summed E-state index contributed by atoms with van der Waals surface area (Å²) in [5.41, 5.74) is 2.65. The molecule has 0 radical (unpaired) electrons. The molecule has 1 heterocycles. The van der Waals surface area contributed by atoms with Crippen molar-refractivity contribution in [2.24, 2.45) is 0 Å². The van der Waals surface area contributed by atoms with Gasteiger partial charge in [-0.3, -0.25) is 24.1 Å². The minimum absolute atomic E-state index is 0.0803. The second-order valence-electron chi connectivity index (χ2n) is 9.79. The second-order valence-corrected chi connectivity index (χ2v) is 9.79. The normalized spacial score (nSPS) is 13.4. The molecule has 38 heavy (non-hydrogen) atoms. The average molecular weight is 512 g/mol. The van der Waals surface area contributed by atoms with E-state index in [1.807, 2.05) is 74.5 Å². The summed E-state index contributed by atoms with van der Waals surface area (Å²) in [6, 6.07) is 25.2. The molecule has 0 unspecified atom stereocenters. The Bertz CT molecular complexity index is 1260. The van der Waals surface area contributed by atoms with Crippen molar-refractivity contribution in [3.05, 3.63) is 107 Å². The van der Waals surface area contributed by atoms with Crippen LogP contribution in [0.2, 0.25) is 0 Å². The number of benzene rings is 3. The SMILES string of the molecule is CC(C)NC(=O)[C@H](Cc1ccccc1)N(Cc1ccccc1)C(=O)CCCN1C(=O)c2ccccc2C1=O. The molecule has 4 amide bonds. The quantitative estimate of drug-likeness (QED) is 0.391. The molecule has 1 aliphatic rings. The smallest absolute Gasteiger partial charge is 0.261 e. The first kappa shape index (κ1) is 26.8. The predicted octanol–water partition coefficient (Wildman–Crippen LogP) is 4.23. The van der Waals surface area contributed by atoms with Crippen LogP contribution < -0.4 is 5.32 Å². The lowest BCUT2D eigenvalue weighted by atomic mass is 10.0. The molecule has 0 saturated heterocycles. The first-order chi connectivity index (χ1) is 18.3. The van der Waals surface area contributed by atoms with E-state index in [2.05, 4.69) is 5.32 Å². The van der Waals surface area contributed by atoms with Gasteiger partial charge >= 0.3 is 0 Å². The highest BCUT2D eigenvalue weighted by atomic mass is 16.2. The van der Waals surface area contributed by atoms with Crippen molar-refractivity contribution in [1.82, 2.24) is 15.1 Å². The summed E-state index contributed by atoms with van der Waals surface area (Å²) in [5.74, 6) is -1.09. The Morgan fingerprint density at radius 2 is 1.32 bits per heavy atom. The van der Waals surface area contributed by atoms with E-state index in [0.717, 1.165) is 11.1 Å². The van der Waals surface area contributed by atoms with Crippen molar-refractivity contribution in [2.75, 3.05) is 6.54 Å². The van der Waals surface area contributed by atoms with Crippen LogP contribution in [-0.4, -0.2) is 52.1 Å². The number of hydrogen-bond donors (Lipinski definition) is 1. The van der Waals surface area contributed by atoms with Gasteiger partial charge in [0, 0.05) is 32.0 Å². The summed E-state index contributed by atoms with van der Waals surface area (Å²) in [4.78, 5) is 55.3. The highest BCUT2D eigenvalue weighted by Gasteiger charge is 2.35. The third kappa shape index (κ3) is 6.35. The molecule has 1 aliphatic heterocycles. The number of hydrogen-bond acceptors (Lipinski definition) is 4. The predicted molar refractivity (Wildman–Crippen MR) is 145 cm³/mol. The highest BCUT2D eigenvalue weighted by molar-refractivity contribution is 6.21. The molecule has 1 atom stereocenters. The third-order valence-corrected chi connectivity index (χ3v) is 6.55. The number of imide groups is 1. The zero-order chi connectivity index (χ0) is 27.1. The van der Waals surface area contributed by atoms with Crippen molar-refractivity contribution >= 4 is 23.6 Å². The molecular weight excluding hydrogens is 478 g/mol. The number of amides is 4. The molecule has 0 saturated carbocycles. The molecule has 7 heteroatoms. The Hall–Kier alpha value is -4.26. The fraction of sp³-hybridized carbons (Fsp3) is 0.290. The molecule has 3 aromatic carbocycles. The lowest BCUT2D eigenvalue weighted by molar-refractivity contribution is -0.141. The molecule has 3 aromatic rings. The van der Waals surface area contributed by atoms with Crippen molar-refractivity contribution < 1.29 is 19.2 Å². The van der Waals surface area contributed by atoms with E-state index in [1.54, 1.807) is 29.2 Å². The van der Waals surface area contributed by atoms with Crippen LogP contribution in [0.5, 0.6) is 0 Å². The van der Waals surface area contributed by atoms with Gasteiger partial charge in [0.15, 0.2) is 0 Å². The van der Waals surface area contributed by atoms with Gasteiger partial charge in [0.2, 0.25) is 11.8 Å². The molecule has 1 N–H and O–H groups in total. The summed E-state index contributed by atoms with van der Waals surface area (Å²) in [7, 11) is 0. The van der Waals surface area contributed by atoms with Gasteiger partial charge in [0.25, 0.3) is 11.8 Å². The van der Waals surface area contributed by atoms with E-state index < -0.39 is 6.04 Å². The number of nitrogens with zero attached hydrogens (tertiary/aromatic N) is 2. The van der Waals surface area contributed by atoms with Crippen LogP contribution >= 0.6 is 0 Å². The van der Waals surface area contributed by atoms with Crippen LogP contribution in [0.25, 0.3) is 0 Å². The zero-order valence-electron chi connectivity index (χ0n) is 21.8. The highest BCUT2D eigenvalue weighted by Crippen LogP contribution is 2.23. The summed E-state index contributed by atoms with van der Waals surface area (Å²) in [5, 5.41) is 2.98. The number of rotatable bonds is 11. The van der Waals surface area contributed by atoms with Crippen LogP contribution in [-0.2, 0) is 22.6 Å². The molecule has 0 aliphatic carbocycles. The van der Waals surface area contributed by atoms with Gasteiger partial charge < -0.3 is 10.2 Å². The lowest BCUT2D eigenvalue weighted by Crippen LogP contribution is -2.51. The van der Waals surface area contributed by atoms with E-state index in [0.29, 0.717) is 24.0 Å². The molecular formula is C31H33N3O4. The van der Waals surface area contributed by atoms with Crippen LogP contribution in [0.4, 0.5) is 0 Å². The monoisotopic (exact) mass is 511 g/mol. The number of carbonyl (C=O) groups is 4. The molecule has 0 fully saturated rings. The Labute approximate surface area is 223 Å². The Kier molecular flexibility index (Phi) is 8.69. The molecule has 0 spiro atoms. The maximum atomic E-state index is 13.7. The number of carbonyl (C=O) groups excluding carboxylic acids is 4. The summed E-state index contributed by atoms with van der Waals surface area (Å²) < 4.78 is 0. The van der Waals surface area contributed by atoms with Gasteiger partial charge in [-0.2, -0.15) is 0 Å². The zero-order valence-corrected chi connectivity index (χ0v) is 21.8. The van der Waals surface area contributed by atoms with Gasteiger partial charge in [0.1, 0.15) is 6.04 Å². The first-order valence-electron chi connectivity index (χ1n) is 13.0. The van der Waals surface area contributed by atoms with Crippen LogP contribution in [0.15, 0.2) is 84.9 Å². The van der Waals surface area contributed by atoms with Gasteiger partial charge in [-0.15, -0.1) is 0 Å². The van der Waals surface area contributed by atoms with Gasteiger partial charge in [-0.05, 0) is 43.5 Å². The van der Waals surface area contributed by atoms with Gasteiger partial charge in [-0.25, -0.2) is 0 Å². The molecule has 4 rings (SSSR count). The Morgan fingerprint density at radius 1 is 0.789 bits per heavy atom. The number of fused-ring (bicyclic) bond motifs is 1. The first-order valence-corrected chi connectivity index (χ1v) is 13.0. The van der Waals surface area contributed by atoms with Crippen molar-refractivity contribution in [3.8, 4) is 0 Å². The van der Waals surface area contributed by atoms with Gasteiger partial charge in [0.05, 0.1) is 11.1 Å². The molecule has 196 valence electrons. The standard InChI is InChI=1S/C31H33N3O4/c1-22(2)32-29(36)27(20-23-12-5-3-6-13-23)34(21-24-14-7-4-8-15-24)28(35)18-11-19-33-30(37)25-16-9-10-17-26(25)31(33)38/h3-10,12-17,22,27H,11,18-21H2,1-2H3,(H,32,36)/t27-/m0/s1. The second kappa shape index (κ2) is 12.3. The van der Waals surface area contributed by atoms with E-state index in [9.17, 15) is 19.2 Å². The Morgan fingerprint density at radius 3 is 1.87 bits per heavy atom. The fourth-order valence-electron chi connectivity index (χ4n) is 4.69. The van der Waals surface area contributed by atoms with Gasteiger partial charge in [-0.1, -0.05) is 72.8 Å². The van der Waals surface area contributed by atoms with E-state index in [4.69, 9.17) is 0 Å². The van der Waals surface area contributed by atoms with Crippen molar-refractivity contribution in [3.63, 3.8) is 0 Å². The van der Waals surface area contributed by atoms with E-state index >= 15 is 0 Å². The third-order valence-electron chi connectivity index (χ3n) is 6.55. The fourth-order valence-corrected chi connectivity index (χ4v) is 4.69. The number of nitrogens with one attached hydrogen (secondary N) is 1. The minimum Gasteiger partial charge on any atom is -0.352 e. The van der Waals surface area contributed by atoms with Crippen molar-refractivity contribution in [2.45, 2.75) is 51.7 Å². The largest absolute Gasteiger partial charge is 0.352 e. The molecule has 7 nitrogen and oxygen atoms in total. The summed E-state index contributed by atoms with van der Waals surface area (Å²) in [6.07, 6.45) is 0.774. The summed E-state index contributed by atoms with van der Waals surface area (Å²) >= 11 is 0. The lowest BCUT2D eigenvalue weighted by Gasteiger charge is -2.32. The molecule has 0 bridgehead atoms. The molecule has 0 aromatic heterocycles. The minimum atomic E-state index is -0.716. The van der Waals surface area contributed by atoms with Crippen LogP contribution in [0, 0.1) is 0 Å². The topological polar surface area (TPSA) is 86.8 Å². The maximum absolute atomic E-state index is 13.7. The Balaban J connectivity index is 1.52. The average Bonchev–Trinajstić information content (AvgIpc) is 3.16. The van der Waals surface area contributed by atoms with Crippen LogP contribution in [0.1, 0.15) is 58.5 Å².